The number of hydrogen-bond acceptors (Lipinski definition) is 1. The Labute approximate surface area is 123 Å². The van der Waals surface area contributed by atoms with Gasteiger partial charge < -0.3 is 5.32 Å². The van der Waals surface area contributed by atoms with E-state index in [1.54, 1.807) is 0 Å². The third-order valence-electron chi connectivity index (χ3n) is 3.48. The van der Waals surface area contributed by atoms with E-state index in [2.05, 4.69) is 52.5 Å². The SMILES string of the molecule is C[C@@H](Cc1ccc(Br)cc1)NC(=O)[C@H]1CC=CCC1. The molecule has 0 spiro atoms. The molecule has 0 aromatic heterocycles. The van der Waals surface area contributed by atoms with Gasteiger partial charge in [0.25, 0.3) is 0 Å². The largest absolute Gasteiger partial charge is 0.353 e. The van der Waals surface area contributed by atoms with E-state index in [9.17, 15) is 4.79 Å². The zero-order valence-corrected chi connectivity index (χ0v) is 12.8. The van der Waals surface area contributed by atoms with E-state index in [-0.39, 0.29) is 17.9 Å². The smallest absolute Gasteiger partial charge is 0.223 e. The minimum absolute atomic E-state index is 0.164. The Morgan fingerprint density at radius 2 is 2.11 bits per heavy atom. The predicted octanol–water partition coefficient (Wildman–Crippen LogP) is 3.85. The Balaban J connectivity index is 1.83. The van der Waals surface area contributed by atoms with Crippen LogP contribution in [0, 0.1) is 5.92 Å². The number of halogens is 1. The molecule has 0 bridgehead atoms. The number of amides is 1. The van der Waals surface area contributed by atoms with E-state index in [1.807, 2.05) is 12.1 Å². The van der Waals surface area contributed by atoms with Crippen LogP contribution in [-0.4, -0.2) is 11.9 Å². The number of carbonyl (C=O) groups excluding carboxylic acids is 1. The number of rotatable bonds is 4. The van der Waals surface area contributed by atoms with Crippen LogP contribution in [0.25, 0.3) is 0 Å². The zero-order valence-electron chi connectivity index (χ0n) is 11.2. The minimum atomic E-state index is 0.164. The van der Waals surface area contributed by atoms with Crippen LogP contribution in [0.2, 0.25) is 0 Å². The molecular formula is C16H20BrNO. The zero-order chi connectivity index (χ0) is 13.7. The Hall–Kier alpha value is -1.09. The minimum Gasteiger partial charge on any atom is -0.353 e. The van der Waals surface area contributed by atoms with E-state index in [0.717, 1.165) is 30.2 Å². The van der Waals surface area contributed by atoms with Crippen LogP contribution < -0.4 is 5.32 Å². The molecule has 1 aromatic rings. The summed E-state index contributed by atoms with van der Waals surface area (Å²) in [6.07, 6.45) is 8.05. The molecule has 1 amide bonds. The number of benzene rings is 1. The van der Waals surface area contributed by atoms with Gasteiger partial charge in [0.05, 0.1) is 0 Å². The predicted molar refractivity (Wildman–Crippen MR) is 81.9 cm³/mol. The second-order valence-electron chi connectivity index (χ2n) is 5.22. The molecule has 19 heavy (non-hydrogen) atoms. The third-order valence-corrected chi connectivity index (χ3v) is 4.01. The fraction of sp³-hybridized carbons (Fsp3) is 0.438. The Morgan fingerprint density at radius 1 is 1.37 bits per heavy atom. The van der Waals surface area contributed by atoms with Crippen molar-refractivity contribution in [2.75, 3.05) is 0 Å². The van der Waals surface area contributed by atoms with Crippen LogP contribution >= 0.6 is 15.9 Å². The van der Waals surface area contributed by atoms with E-state index >= 15 is 0 Å². The summed E-state index contributed by atoms with van der Waals surface area (Å²) in [5.41, 5.74) is 1.25. The van der Waals surface area contributed by atoms with Crippen molar-refractivity contribution in [1.29, 1.82) is 0 Å². The van der Waals surface area contributed by atoms with E-state index in [0.29, 0.717) is 0 Å². The van der Waals surface area contributed by atoms with Gasteiger partial charge >= 0.3 is 0 Å². The average molecular weight is 322 g/mol. The highest BCUT2D eigenvalue weighted by atomic mass is 79.9. The molecule has 2 nitrogen and oxygen atoms in total. The fourth-order valence-electron chi connectivity index (χ4n) is 2.42. The van der Waals surface area contributed by atoms with Gasteiger partial charge in [-0.15, -0.1) is 0 Å². The Bertz CT molecular complexity index is 452. The normalized spacial score (nSPS) is 20.0. The first-order chi connectivity index (χ1) is 9.15. The van der Waals surface area contributed by atoms with Gasteiger partial charge in [-0.3, -0.25) is 4.79 Å². The lowest BCUT2D eigenvalue weighted by Crippen LogP contribution is -2.38. The monoisotopic (exact) mass is 321 g/mol. The molecule has 0 aliphatic heterocycles. The van der Waals surface area contributed by atoms with Crippen LogP contribution in [0.1, 0.15) is 31.7 Å². The summed E-state index contributed by atoms with van der Waals surface area (Å²) < 4.78 is 1.09. The molecule has 0 radical (unpaired) electrons. The number of carbonyl (C=O) groups is 1. The second-order valence-corrected chi connectivity index (χ2v) is 6.14. The summed E-state index contributed by atoms with van der Waals surface area (Å²) in [6.45, 7) is 2.07. The molecule has 0 fully saturated rings. The summed E-state index contributed by atoms with van der Waals surface area (Å²) >= 11 is 3.43. The van der Waals surface area contributed by atoms with Gasteiger partial charge in [0.15, 0.2) is 0 Å². The maximum absolute atomic E-state index is 12.1. The molecule has 3 heteroatoms. The van der Waals surface area contributed by atoms with Crippen molar-refractivity contribution in [1.82, 2.24) is 5.32 Å². The lowest BCUT2D eigenvalue weighted by Gasteiger charge is -2.21. The van der Waals surface area contributed by atoms with Gasteiger partial charge in [-0.05, 0) is 50.3 Å². The van der Waals surface area contributed by atoms with Crippen LogP contribution in [0.4, 0.5) is 0 Å². The van der Waals surface area contributed by atoms with Crippen molar-refractivity contribution in [3.8, 4) is 0 Å². The summed E-state index contributed by atoms with van der Waals surface area (Å²) in [5.74, 6) is 0.367. The highest BCUT2D eigenvalue weighted by molar-refractivity contribution is 9.10. The molecule has 0 heterocycles. The first kappa shape index (κ1) is 14.3. The first-order valence-electron chi connectivity index (χ1n) is 6.85. The topological polar surface area (TPSA) is 29.1 Å². The van der Waals surface area contributed by atoms with Gasteiger partial charge in [0, 0.05) is 16.4 Å². The van der Waals surface area contributed by atoms with Crippen molar-refractivity contribution in [2.24, 2.45) is 5.92 Å². The van der Waals surface area contributed by atoms with Crippen LogP contribution in [0.15, 0.2) is 40.9 Å². The maximum Gasteiger partial charge on any atom is 0.223 e. The summed E-state index contributed by atoms with van der Waals surface area (Å²) in [6, 6.07) is 8.44. The second kappa shape index (κ2) is 6.90. The highest BCUT2D eigenvalue weighted by Crippen LogP contribution is 2.18. The van der Waals surface area contributed by atoms with Crippen molar-refractivity contribution in [2.45, 2.75) is 38.6 Å². The molecule has 0 unspecified atom stereocenters. The lowest BCUT2D eigenvalue weighted by molar-refractivity contribution is -0.125. The number of hydrogen-bond donors (Lipinski definition) is 1. The summed E-state index contributed by atoms with van der Waals surface area (Å²) in [5, 5.41) is 3.13. The summed E-state index contributed by atoms with van der Waals surface area (Å²) in [7, 11) is 0. The molecule has 0 saturated heterocycles. The van der Waals surface area contributed by atoms with Gasteiger partial charge in [0.1, 0.15) is 0 Å². The van der Waals surface area contributed by atoms with Gasteiger partial charge in [-0.25, -0.2) is 0 Å². The van der Waals surface area contributed by atoms with Crippen LogP contribution in [0.5, 0.6) is 0 Å². The van der Waals surface area contributed by atoms with E-state index in [4.69, 9.17) is 0 Å². The molecule has 1 N–H and O–H groups in total. The van der Waals surface area contributed by atoms with Gasteiger partial charge in [-0.1, -0.05) is 40.2 Å². The van der Waals surface area contributed by atoms with Crippen molar-refractivity contribution in [3.63, 3.8) is 0 Å². The molecule has 1 aromatic carbocycles. The lowest BCUT2D eigenvalue weighted by atomic mass is 9.93. The van der Waals surface area contributed by atoms with Crippen molar-refractivity contribution >= 4 is 21.8 Å². The molecular weight excluding hydrogens is 302 g/mol. The Morgan fingerprint density at radius 3 is 2.74 bits per heavy atom. The maximum atomic E-state index is 12.1. The fourth-order valence-corrected chi connectivity index (χ4v) is 2.68. The molecule has 0 saturated carbocycles. The molecule has 1 aliphatic carbocycles. The average Bonchev–Trinajstić information content (AvgIpc) is 2.42. The summed E-state index contributed by atoms with van der Waals surface area (Å²) in [4.78, 5) is 12.1. The first-order valence-corrected chi connectivity index (χ1v) is 7.64. The third kappa shape index (κ3) is 4.50. The van der Waals surface area contributed by atoms with Gasteiger partial charge in [0.2, 0.25) is 5.91 Å². The standard InChI is InChI=1S/C16H20BrNO/c1-12(11-13-7-9-15(17)10-8-13)18-16(19)14-5-3-2-4-6-14/h2-3,7-10,12,14H,4-6,11H2,1H3,(H,18,19)/t12-,14-/m0/s1. The van der Waals surface area contributed by atoms with E-state index < -0.39 is 0 Å². The Kier molecular flexibility index (Phi) is 5.20. The van der Waals surface area contributed by atoms with E-state index in [1.165, 1.54) is 5.56 Å². The number of allylic oxidation sites excluding steroid dienone is 2. The molecule has 1 aliphatic rings. The van der Waals surface area contributed by atoms with Gasteiger partial charge in [-0.2, -0.15) is 0 Å². The molecule has 2 rings (SSSR count). The molecule has 2 atom stereocenters. The van der Waals surface area contributed by atoms with Crippen LogP contribution in [0.3, 0.4) is 0 Å². The van der Waals surface area contributed by atoms with Crippen molar-refractivity contribution < 1.29 is 4.79 Å². The number of nitrogens with one attached hydrogen (secondary N) is 1. The van der Waals surface area contributed by atoms with Crippen LogP contribution in [-0.2, 0) is 11.2 Å². The van der Waals surface area contributed by atoms with Crippen molar-refractivity contribution in [3.05, 3.63) is 46.5 Å². The quantitative estimate of drug-likeness (QED) is 0.838. The molecule has 102 valence electrons. The highest BCUT2D eigenvalue weighted by Gasteiger charge is 2.19.